The molecule has 112 heavy (non-hydrogen) atoms. The summed E-state index contributed by atoms with van der Waals surface area (Å²) in [7, 11) is 0. The average Bonchev–Trinajstić information content (AvgIpc) is 1.39. The van der Waals surface area contributed by atoms with Crippen molar-refractivity contribution in [3.63, 3.8) is 0 Å². The van der Waals surface area contributed by atoms with Crippen LogP contribution in [-0.4, -0.2) is 23.1 Å². The zero-order valence-corrected chi connectivity index (χ0v) is 76.4. The Morgan fingerprint density at radius 1 is 0.348 bits per heavy atom. The van der Waals surface area contributed by atoms with Crippen LogP contribution in [0.2, 0.25) is 0 Å². The van der Waals surface area contributed by atoms with Crippen LogP contribution in [0.15, 0.2) is 70.4 Å². The number of allylic oxidation sites excluding steroid dienone is 11. The van der Waals surface area contributed by atoms with Crippen molar-refractivity contribution >= 4 is 23.1 Å². The third kappa shape index (κ3) is 16.7. The second-order valence-electron chi connectivity index (χ2n) is 47.3. The van der Waals surface area contributed by atoms with Crippen molar-refractivity contribution in [1.82, 2.24) is 0 Å². The van der Waals surface area contributed by atoms with Gasteiger partial charge in [0.25, 0.3) is 0 Å². The van der Waals surface area contributed by atoms with Gasteiger partial charge < -0.3 is 0 Å². The molecule has 16 aliphatic rings. The molecule has 0 aromatic heterocycles. The van der Waals surface area contributed by atoms with E-state index in [-0.39, 0.29) is 10.8 Å². The Morgan fingerprint density at radius 3 is 1.31 bits per heavy atom. The summed E-state index contributed by atoms with van der Waals surface area (Å²) in [5.74, 6) is 21.0. The molecule has 10 saturated carbocycles. The molecule has 0 aliphatic heterocycles. The number of carbonyl (C=O) groups is 4. The minimum absolute atomic E-state index is 0.246. The van der Waals surface area contributed by atoms with Crippen LogP contribution in [-0.2, 0) is 19.2 Å². The first-order valence-corrected chi connectivity index (χ1v) is 49.3. The second kappa shape index (κ2) is 34.7. The van der Waals surface area contributed by atoms with Crippen molar-refractivity contribution in [3.8, 4) is 0 Å². The van der Waals surface area contributed by atoms with Gasteiger partial charge in [-0.05, 0) is 357 Å². The van der Waals surface area contributed by atoms with E-state index in [1.165, 1.54) is 216 Å². The molecule has 0 saturated heterocycles. The third-order valence-corrected chi connectivity index (χ3v) is 39.6. The molecule has 16 aliphatic carbocycles. The monoisotopic (exact) mass is 1530 g/mol. The molecule has 16 rings (SSSR count). The minimum Gasteiger partial charge on any atom is -0.300 e. The topological polar surface area (TPSA) is 68.3 Å². The van der Waals surface area contributed by atoms with E-state index in [1.807, 2.05) is 17.7 Å². The van der Waals surface area contributed by atoms with Crippen molar-refractivity contribution in [3.05, 3.63) is 70.4 Å². The van der Waals surface area contributed by atoms with E-state index in [9.17, 15) is 19.2 Å². The molecule has 0 aromatic rings. The summed E-state index contributed by atoms with van der Waals surface area (Å²) in [5.41, 5.74) is 11.4. The number of hydrogen-bond donors (Lipinski definition) is 0. The number of Topliss-reactive ketones (excluding diaryl/α,β-unsaturated/α-hetero) is 1. The summed E-state index contributed by atoms with van der Waals surface area (Å²) < 4.78 is 0. The molecular formula is C108H172O4. The molecule has 0 bridgehead atoms. The quantitative estimate of drug-likeness (QED) is 0.114. The molecule has 0 radical (unpaired) electrons. The van der Waals surface area contributed by atoms with Crippen molar-refractivity contribution < 1.29 is 19.2 Å². The predicted octanol–water partition coefficient (Wildman–Crippen LogP) is 30.1. The zero-order chi connectivity index (χ0) is 80.4. The van der Waals surface area contributed by atoms with Gasteiger partial charge in [-0.25, -0.2) is 0 Å². The molecule has 0 amide bonds. The molecule has 10 fully saturated rings. The highest BCUT2D eigenvalue weighted by molar-refractivity contribution is 5.93. The Labute approximate surface area is 689 Å². The van der Waals surface area contributed by atoms with Gasteiger partial charge in [0.1, 0.15) is 5.78 Å². The molecule has 0 N–H and O–H groups in total. The van der Waals surface area contributed by atoms with Gasteiger partial charge >= 0.3 is 0 Å². The maximum absolute atomic E-state index is 12.1. The van der Waals surface area contributed by atoms with Crippen LogP contribution in [0.4, 0.5) is 0 Å². The van der Waals surface area contributed by atoms with Crippen LogP contribution >= 0.6 is 0 Å². The molecule has 628 valence electrons. The average molecular weight is 1530 g/mol. The molecule has 14 unspecified atom stereocenters. The lowest BCUT2D eigenvalue weighted by Crippen LogP contribution is -2.50. The van der Waals surface area contributed by atoms with E-state index < -0.39 is 0 Å². The smallest absolute Gasteiger partial charge is 0.156 e. The predicted molar refractivity (Wildman–Crippen MR) is 472 cm³/mol. The highest BCUT2D eigenvalue weighted by Gasteiger charge is 2.64. The summed E-state index contributed by atoms with van der Waals surface area (Å²) in [6.45, 7) is 49.8. The van der Waals surface area contributed by atoms with Crippen LogP contribution in [0.3, 0.4) is 0 Å². The normalized spacial score (nSPS) is 43.1. The van der Waals surface area contributed by atoms with E-state index in [2.05, 4.69) is 169 Å². The van der Waals surface area contributed by atoms with E-state index in [4.69, 9.17) is 0 Å². The van der Waals surface area contributed by atoms with Crippen molar-refractivity contribution in [2.45, 2.75) is 402 Å². The molecule has 0 aromatic carbocycles. The van der Waals surface area contributed by atoms with Gasteiger partial charge in [0.15, 0.2) is 17.3 Å². The summed E-state index contributed by atoms with van der Waals surface area (Å²) in [5, 5.41) is 0. The van der Waals surface area contributed by atoms with Crippen LogP contribution in [0.1, 0.15) is 402 Å². The fraction of sp³-hybridized carbons (Fsp3) is 0.852. The number of ketones is 4. The van der Waals surface area contributed by atoms with Crippen LogP contribution in [0, 0.1) is 179 Å². The molecular weight excluding hydrogens is 1360 g/mol. The first-order valence-electron chi connectivity index (χ1n) is 49.3. The lowest BCUT2D eigenvalue weighted by molar-refractivity contribution is -0.127. The highest BCUT2D eigenvalue weighted by Crippen LogP contribution is 2.72. The van der Waals surface area contributed by atoms with Gasteiger partial charge in [-0.15, -0.1) is 0 Å². The van der Waals surface area contributed by atoms with E-state index >= 15 is 0 Å². The minimum atomic E-state index is 0.246. The molecule has 0 heterocycles. The van der Waals surface area contributed by atoms with Crippen molar-refractivity contribution in [1.29, 1.82) is 0 Å². The van der Waals surface area contributed by atoms with Gasteiger partial charge in [-0.1, -0.05) is 262 Å². The first kappa shape index (κ1) is 87.0. The molecule has 27 atom stereocenters. The molecule has 0 spiro atoms. The SMILES string of the molecule is CC(C)CCCC(C)[C@H]1CCC2C3=CCC4=CC(=O)CC[C@]4(C)C3CC[C@@]21C.CC(C)CCCC(C)[C@H]1CCC2C3=CC[C@H]4CC(=O)CC[C@]4(C)C3CC[C@@]21C.CC(C)CCCC(C)[C@H]1CCC2C3C=CC4=CC(=O)CC[C@]4(C)C3CC[C@@]21C.CC(C)CCCC(C)[C@H]1CCC2C3CCC4=CC(=O)CC[C@]4(C)C3CC[C@@]21C. The Bertz CT molecular complexity index is 3520. The Balaban J connectivity index is 0.000000131. The first-order chi connectivity index (χ1) is 53.0. The van der Waals surface area contributed by atoms with E-state index in [0.29, 0.717) is 67.5 Å². The summed E-state index contributed by atoms with van der Waals surface area (Å²) in [6.07, 6.45) is 69.0. The lowest BCUT2D eigenvalue weighted by Gasteiger charge is -2.58. The number of hydrogen-bond acceptors (Lipinski definition) is 4. The summed E-state index contributed by atoms with van der Waals surface area (Å²) in [6, 6.07) is 0. The fourth-order valence-corrected chi connectivity index (χ4v) is 32.8. The molecule has 4 nitrogen and oxygen atoms in total. The van der Waals surface area contributed by atoms with Crippen LogP contribution < -0.4 is 0 Å². The maximum atomic E-state index is 12.1. The van der Waals surface area contributed by atoms with E-state index in [0.717, 1.165) is 188 Å². The fourth-order valence-electron chi connectivity index (χ4n) is 32.8. The second-order valence-corrected chi connectivity index (χ2v) is 47.3. The lowest BCUT2D eigenvalue weighted by atomic mass is 9.46. The highest BCUT2D eigenvalue weighted by atomic mass is 16.1. The third-order valence-electron chi connectivity index (χ3n) is 39.6. The number of fused-ring (bicyclic) bond motifs is 20. The zero-order valence-electron chi connectivity index (χ0n) is 76.4. The summed E-state index contributed by atoms with van der Waals surface area (Å²) >= 11 is 0. The molecule has 4 heteroatoms. The Hall–Kier alpha value is -2.88. The number of rotatable bonds is 20. The van der Waals surface area contributed by atoms with Crippen LogP contribution in [0.25, 0.3) is 0 Å². The Morgan fingerprint density at radius 2 is 0.777 bits per heavy atom. The van der Waals surface area contributed by atoms with Gasteiger partial charge in [-0.2, -0.15) is 0 Å². The van der Waals surface area contributed by atoms with Gasteiger partial charge in [-0.3, -0.25) is 19.2 Å². The van der Waals surface area contributed by atoms with Crippen molar-refractivity contribution in [2.75, 3.05) is 0 Å². The van der Waals surface area contributed by atoms with Crippen LogP contribution in [0.5, 0.6) is 0 Å². The largest absolute Gasteiger partial charge is 0.300 e. The number of carbonyl (C=O) groups excluding carboxylic acids is 4. The van der Waals surface area contributed by atoms with Gasteiger partial charge in [0.2, 0.25) is 0 Å². The maximum Gasteiger partial charge on any atom is 0.156 e. The standard InChI is InChI=1S/2C27H44O.2C27H42O/c4*1-18(2)7-6-8-19(3)23-11-12-24-22-10-9-20-17-21(28)13-15-26(20,4)25(22)14-16-27(23,24)5/h17-19,22-25H,6-16H2,1-5H3;10,18-20,23-25H,6-9,11-17H2,1-5H3;10,17-19,23-25H,6-9,11-16H2,1-5H3;9-10,17-19,22-25H,6-8,11-16H2,1-5H3/t19?,22?,23-,24?,25?,26+,27-;19?,20-,23+,24?,25?,26-,27+;19?,23-,24?,25?,26+,27-;19?,22?,23-,24?,25?,26+,27-/m1011/s1. The van der Waals surface area contributed by atoms with Gasteiger partial charge in [0.05, 0.1) is 0 Å². The van der Waals surface area contributed by atoms with E-state index in [1.54, 1.807) is 5.57 Å². The summed E-state index contributed by atoms with van der Waals surface area (Å²) in [4.78, 5) is 48.1. The Kier molecular flexibility index (Phi) is 26.9. The van der Waals surface area contributed by atoms with Gasteiger partial charge in [0, 0.05) is 32.1 Å². The van der Waals surface area contributed by atoms with Crippen molar-refractivity contribution in [2.24, 2.45) is 179 Å².